The highest BCUT2D eigenvalue weighted by atomic mass is 79.9. The number of benzene rings is 1. The highest BCUT2D eigenvalue weighted by molar-refractivity contribution is 9.10. The second kappa shape index (κ2) is 6.89. The molecule has 1 aromatic rings. The van der Waals surface area contributed by atoms with Crippen molar-refractivity contribution in [3.8, 4) is 0 Å². The summed E-state index contributed by atoms with van der Waals surface area (Å²) in [5.74, 6) is -0.214. The topological polar surface area (TPSA) is 38.3 Å². The number of carbonyl (C=O) groups excluding carboxylic acids is 1. The van der Waals surface area contributed by atoms with Gasteiger partial charge in [-0.3, -0.25) is 4.79 Å². The van der Waals surface area contributed by atoms with Crippen LogP contribution in [0.5, 0.6) is 0 Å². The first kappa shape index (κ1) is 13.5. The average Bonchev–Trinajstić information content (AvgIpc) is 2.26. The Balaban J connectivity index is 2.35. The van der Waals surface area contributed by atoms with Crippen molar-refractivity contribution in [2.45, 2.75) is 13.0 Å². The summed E-state index contributed by atoms with van der Waals surface area (Å²) in [5, 5.41) is 3.83. The smallest absolute Gasteiger partial charge is 0.306 e. The standard InChI is InChI=1S/C11H13BrClNO2/c1-16-11(15)4-5-14-7-8-2-3-9(12)6-10(8)13/h2-3,6,14H,4-5,7H2,1H3. The van der Waals surface area contributed by atoms with E-state index in [1.54, 1.807) is 0 Å². The number of methoxy groups -OCH3 is 1. The van der Waals surface area contributed by atoms with Crippen molar-refractivity contribution >= 4 is 33.5 Å². The van der Waals surface area contributed by atoms with Crippen LogP contribution in [0.2, 0.25) is 5.02 Å². The number of halogens is 2. The largest absolute Gasteiger partial charge is 0.469 e. The first-order valence-corrected chi connectivity index (χ1v) is 6.02. The molecule has 0 fully saturated rings. The third-order valence-corrected chi connectivity index (χ3v) is 2.91. The summed E-state index contributed by atoms with van der Waals surface area (Å²) in [7, 11) is 1.38. The monoisotopic (exact) mass is 305 g/mol. The maximum Gasteiger partial charge on any atom is 0.306 e. The molecule has 0 aliphatic carbocycles. The molecule has 0 unspecified atom stereocenters. The average molecular weight is 307 g/mol. The van der Waals surface area contributed by atoms with Gasteiger partial charge < -0.3 is 10.1 Å². The molecule has 0 aromatic heterocycles. The molecule has 88 valence electrons. The molecule has 0 aliphatic heterocycles. The van der Waals surface area contributed by atoms with Crippen molar-refractivity contribution in [2.24, 2.45) is 0 Å². The predicted octanol–water partition coefficient (Wildman–Crippen LogP) is 2.76. The summed E-state index contributed by atoms with van der Waals surface area (Å²) in [6.07, 6.45) is 0.366. The number of nitrogens with one attached hydrogen (secondary N) is 1. The van der Waals surface area contributed by atoms with Gasteiger partial charge in [-0.15, -0.1) is 0 Å². The number of hydrogen-bond donors (Lipinski definition) is 1. The highest BCUT2D eigenvalue weighted by Gasteiger charge is 2.02. The Labute approximate surface area is 108 Å². The van der Waals surface area contributed by atoms with Gasteiger partial charge in [-0.25, -0.2) is 0 Å². The minimum absolute atomic E-state index is 0.214. The van der Waals surface area contributed by atoms with Crippen LogP contribution in [-0.2, 0) is 16.1 Å². The van der Waals surface area contributed by atoms with Crippen LogP contribution in [0, 0.1) is 0 Å². The molecule has 0 atom stereocenters. The lowest BCUT2D eigenvalue weighted by atomic mass is 10.2. The van der Waals surface area contributed by atoms with Gasteiger partial charge in [0, 0.05) is 22.6 Å². The summed E-state index contributed by atoms with van der Waals surface area (Å²) in [4.78, 5) is 10.8. The Morgan fingerprint density at radius 1 is 1.56 bits per heavy atom. The maximum atomic E-state index is 10.8. The summed E-state index contributed by atoms with van der Waals surface area (Å²) >= 11 is 9.38. The van der Waals surface area contributed by atoms with Gasteiger partial charge >= 0.3 is 5.97 Å². The SMILES string of the molecule is COC(=O)CCNCc1ccc(Br)cc1Cl. The summed E-state index contributed by atoms with van der Waals surface area (Å²) in [6.45, 7) is 1.22. The van der Waals surface area contributed by atoms with Crippen molar-refractivity contribution in [2.75, 3.05) is 13.7 Å². The molecule has 0 aliphatic rings. The Kier molecular flexibility index (Phi) is 5.80. The molecule has 0 saturated carbocycles. The first-order chi connectivity index (χ1) is 7.63. The molecule has 0 heterocycles. The quantitative estimate of drug-likeness (QED) is 0.671. The number of carbonyl (C=O) groups is 1. The molecular weight excluding hydrogens is 293 g/mol. The van der Waals surface area contributed by atoms with Crippen molar-refractivity contribution < 1.29 is 9.53 Å². The van der Waals surface area contributed by atoms with Crippen molar-refractivity contribution in [1.29, 1.82) is 0 Å². The van der Waals surface area contributed by atoms with Gasteiger partial charge in [-0.2, -0.15) is 0 Å². The first-order valence-electron chi connectivity index (χ1n) is 4.85. The zero-order valence-corrected chi connectivity index (χ0v) is 11.3. The Bertz CT molecular complexity index is 371. The van der Waals surface area contributed by atoms with Gasteiger partial charge in [0.15, 0.2) is 0 Å². The summed E-state index contributed by atoms with van der Waals surface area (Å²) in [6, 6.07) is 5.72. The molecule has 3 nitrogen and oxygen atoms in total. The van der Waals surface area contributed by atoms with Crippen LogP contribution in [-0.4, -0.2) is 19.6 Å². The Hall–Kier alpha value is -0.580. The fourth-order valence-electron chi connectivity index (χ4n) is 1.18. The molecule has 0 radical (unpaired) electrons. The third kappa shape index (κ3) is 4.51. The van der Waals surface area contributed by atoms with Crippen LogP contribution in [0.25, 0.3) is 0 Å². The number of esters is 1. The lowest BCUT2D eigenvalue weighted by molar-refractivity contribution is -0.140. The van der Waals surface area contributed by atoms with Gasteiger partial charge in [0.1, 0.15) is 0 Å². The van der Waals surface area contributed by atoms with Crippen LogP contribution in [0.15, 0.2) is 22.7 Å². The van der Waals surface area contributed by atoms with Gasteiger partial charge in [-0.1, -0.05) is 33.6 Å². The van der Waals surface area contributed by atoms with Crippen molar-refractivity contribution in [3.05, 3.63) is 33.3 Å². The lowest BCUT2D eigenvalue weighted by Gasteiger charge is -2.06. The molecule has 0 amide bonds. The number of ether oxygens (including phenoxy) is 1. The molecular formula is C11H13BrClNO2. The highest BCUT2D eigenvalue weighted by Crippen LogP contribution is 2.20. The molecule has 0 bridgehead atoms. The van der Waals surface area contributed by atoms with E-state index in [1.807, 2.05) is 18.2 Å². The second-order valence-electron chi connectivity index (χ2n) is 3.24. The zero-order chi connectivity index (χ0) is 12.0. The molecule has 1 rings (SSSR count). The minimum atomic E-state index is -0.214. The van der Waals surface area contributed by atoms with Crippen LogP contribution >= 0.6 is 27.5 Å². The molecule has 1 N–H and O–H groups in total. The third-order valence-electron chi connectivity index (χ3n) is 2.06. The normalized spacial score (nSPS) is 10.2. The molecule has 0 saturated heterocycles. The van der Waals surface area contributed by atoms with E-state index in [9.17, 15) is 4.79 Å². The van der Waals surface area contributed by atoms with Crippen LogP contribution in [0.3, 0.4) is 0 Å². The van der Waals surface area contributed by atoms with E-state index in [-0.39, 0.29) is 5.97 Å². The van der Waals surface area contributed by atoms with E-state index in [1.165, 1.54) is 7.11 Å². The van der Waals surface area contributed by atoms with Gasteiger partial charge in [0.2, 0.25) is 0 Å². The van der Waals surface area contributed by atoms with E-state index in [0.717, 1.165) is 10.0 Å². The zero-order valence-electron chi connectivity index (χ0n) is 8.93. The van der Waals surface area contributed by atoms with Crippen molar-refractivity contribution in [3.63, 3.8) is 0 Å². The van der Waals surface area contributed by atoms with Crippen LogP contribution in [0.1, 0.15) is 12.0 Å². The Morgan fingerprint density at radius 2 is 2.31 bits per heavy atom. The fraction of sp³-hybridized carbons (Fsp3) is 0.364. The number of hydrogen-bond acceptors (Lipinski definition) is 3. The molecule has 1 aromatic carbocycles. The minimum Gasteiger partial charge on any atom is -0.469 e. The van der Waals surface area contributed by atoms with E-state index >= 15 is 0 Å². The predicted molar refractivity (Wildman–Crippen MR) is 67.5 cm³/mol. The van der Waals surface area contributed by atoms with Gasteiger partial charge in [0.25, 0.3) is 0 Å². The van der Waals surface area contributed by atoms with Crippen LogP contribution < -0.4 is 5.32 Å². The van der Waals surface area contributed by atoms with Gasteiger partial charge in [0.05, 0.1) is 13.5 Å². The summed E-state index contributed by atoms with van der Waals surface area (Å²) in [5.41, 5.74) is 1.01. The van der Waals surface area contributed by atoms with E-state index in [4.69, 9.17) is 11.6 Å². The fourth-order valence-corrected chi connectivity index (χ4v) is 1.92. The Morgan fingerprint density at radius 3 is 2.94 bits per heavy atom. The second-order valence-corrected chi connectivity index (χ2v) is 4.56. The van der Waals surface area contributed by atoms with Crippen molar-refractivity contribution in [1.82, 2.24) is 5.32 Å². The number of rotatable bonds is 5. The maximum absolute atomic E-state index is 10.8. The molecule has 5 heteroatoms. The summed E-state index contributed by atoms with van der Waals surface area (Å²) < 4.78 is 5.49. The van der Waals surface area contributed by atoms with Crippen LogP contribution in [0.4, 0.5) is 0 Å². The van der Waals surface area contributed by atoms with E-state index < -0.39 is 0 Å². The van der Waals surface area contributed by atoms with E-state index in [2.05, 4.69) is 26.0 Å². The molecule has 16 heavy (non-hydrogen) atoms. The van der Waals surface area contributed by atoms with Gasteiger partial charge in [-0.05, 0) is 17.7 Å². The van der Waals surface area contributed by atoms with E-state index in [0.29, 0.717) is 24.5 Å². The molecule has 0 spiro atoms. The lowest BCUT2D eigenvalue weighted by Crippen LogP contribution is -2.18.